The average molecular weight is 459 g/mol. The van der Waals surface area contributed by atoms with E-state index in [4.69, 9.17) is 16.3 Å². The van der Waals surface area contributed by atoms with Gasteiger partial charge in [-0.1, -0.05) is 41.4 Å². The molecule has 0 unspecified atom stereocenters. The van der Waals surface area contributed by atoms with Crippen LogP contribution < -0.4 is 9.46 Å². The number of aryl methyl sites for hydroxylation is 1. The van der Waals surface area contributed by atoms with Crippen molar-refractivity contribution in [1.29, 1.82) is 0 Å². The Bertz CT molecular complexity index is 1230. The van der Waals surface area contributed by atoms with Gasteiger partial charge in [-0.15, -0.1) is 0 Å². The first-order valence-electron chi connectivity index (χ1n) is 9.50. The Kier molecular flexibility index (Phi) is 5.70. The van der Waals surface area contributed by atoms with Gasteiger partial charge in [0.05, 0.1) is 15.9 Å². The molecular formula is C22H19ClN2O5S. The van der Waals surface area contributed by atoms with Gasteiger partial charge in [0.1, 0.15) is 12.4 Å². The number of sulfonamides is 1. The summed E-state index contributed by atoms with van der Waals surface area (Å²) in [5.41, 5.74) is 2.62. The number of nitro groups is 1. The largest absolute Gasteiger partial charge is 0.492 e. The molecule has 1 aliphatic heterocycles. The van der Waals surface area contributed by atoms with Crippen LogP contribution in [0.5, 0.6) is 5.75 Å². The summed E-state index contributed by atoms with van der Waals surface area (Å²) in [6.45, 7) is 2.10. The second kappa shape index (κ2) is 8.30. The second-order valence-electron chi connectivity index (χ2n) is 7.36. The Labute approximate surface area is 184 Å². The molecule has 1 heterocycles. The van der Waals surface area contributed by atoms with Crippen LogP contribution in [0.4, 0.5) is 5.69 Å². The summed E-state index contributed by atoms with van der Waals surface area (Å²) in [4.78, 5) is 10.2. The highest BCUT2D eigenvalue weighted by Crippen LogP contribution is 2.40. The number of fused-ring (bicyclic) bond motifs is 1. The molecule has 0 saturated heterocycles. The van der Waals surface area contributed by atoms with E-state index in [0.717, 1.165) is 16.7 Å². The molecule has 0 aromatic heterocycles. The summed E-state index contributed by atoms with van der Waals surface area (Å²) in [5.74, 6) is 0.330. The zero-order valence-electron chi connectivity index (χ0n) is 16.5. The molecule has 0 saturated carbocycles. The molecule has 3 aromatic rings. The van der Waals surface area contributed by atoms with Crippen molar-refractivity contribution in [3.63, 3.8) is 0 Å². The minimum absolute atomic E-state index is 0.0577. The van der Waals surface area contributed by atoms with Crippen LogP contribution in [0.25, 0.3) is 0 Å². The van der Waals surface area contributed by atoms with Gasteiger partial charge in [0.2, 0.25) is 10.0 Å². The molecule has 0 bridgehead atoms. The smallest absolute Gasteiger partial charge is 0.269 e. The van der Waals surface area contributed by atoms with Crippen molar-refractivity contribution in [2.24, 2.45) is 0 Å². The maximum atomic E-state index is 13.0. The average Bonchev–Trinajstić information content (AvgIpc) is 2.74. The summed E-state index contributed by atoms with van der Waals surface area (Å²) in [6.07, 6.45) is 0. The van der Waals surface area contributed by atoms with Crippen molar-refractivity contribution in [2.75, 3.05) is 6.61 Å². The van der Waals surface area contributed by atoms with Gasteiger partial charge in [-0.2, -0.15) is 0 Å². The Balaban J connectivity index is 1.72. The highest BCUT2D eigenvalue weighted by Gasteiger charge is 2.35. The number of non-ortho nitro benzene ring substituents is 1. The normalized spacial score (nSPS) is 18.1. The van der Waals surface area contributed by atoms with Crippen LogP contribution in [0.15, 0.2) is 71.6 Å². The minimum Gasteiger partial charge on any atom is -0.492 e. The molecule has 0 amide bonds. The molecule has 7 nitrogen and oxygen atoms in total. The third-order valence-electron chi connectivity index (χ3n) is 5.23. The van der Waals surface area contributed by atoms with Crippen LogP contribution in [-0.4, -0.2) is 26.0 Å². The first-order valence-corrected chi connectivity index (χ1v) is 11.4. The first kappa shape index (κ1) is 21.3. The Hall–Kier alpha value is -2.94. The summed E-state index contributed by atoms with van der Waals surface area (Å²) in [6, 6.07) is 17.3. The zero-order valence-corrected chi connectivity index (χ0v) is 18.1. The predicted octanol–water partition coefficient (Wildman–Crippen LogP) is 4.43. The lowest BCUT2D eigenvalue weighted by molar-refractivity contribution is -0.384. The van der Waals surface area contributed by atoms with Crippen LogP contribution in [0, 0.1) is 17.0 Å². The van der Waals surface area contributed by atoms with E-state index in [-0.39, 0.29) is 23.1 Å². The van der Waals surface area contributed by atoms with Crippen LogP contribution in [0.1, 0.15) is 22.6 Å². The summed E-state index contributed by atoms with van der Waals surface area (Å²) in [5, 5.41) is 11.4. The fraction of sp³-hybridized carbons (Fsp3) is 0.182. The standard InChI is InChI=1S/C22H19ClN2O5S/c1-14-2-4-15(5-3-14)22-19-12-16(23)6-11-21(19)30-13-20(22)24-31(28,29)18-9-7-17(8-10-18)25(26)27/h2-12,20,22,24H,13H2,1H3/t20-,22-/m1/s1. The van der Waals surface area contributed by atoms with E-state index in [1.807, 2.05) is 31.2 Å². The third kappa shape index (κ3) is 4.41. The molecule has 3 aromatic carbocycles. The number of nitro benzene ring substituents is 1. The number of ether oxygens (including phenoxy) is 1. The molecule has 0 spiro atoms. The Morgan fingerprint density at radius 1 is 1.06 bits per heavy atom. The summed E-state index contributed by atoms with van der Waals surface area (Å²) >= 11 is 6.22. The van der Waals surface area contributed by atoms with Gasteiger partial charge in [0.25, 0.3) is 5.69 Å². The second-order valence-corrected chi connectivity index (χ2v) is 9.51. The first-order chi connectivity index (χ1) is 14.7. The van der Waals surface area contributed by atoms with E-state index in [1.54, 1.807) is 18.2 Å². The molecule has 160 valence electrons. The number of nitrogens with one attached hydrogen (secondary N) is 1. The van der Waals surface area contributed by atoms with Crippen LogP contribution in [0.2, 0.25) is 5.02 Å². The topological polar surface area (TPSA) is 98.5 Å². The Morgan fingerprint density at radius 3 is 2.39 bits per heavy atom. The van der Waals surface area contributed by atoms with Gasteiger partial charge < -0.3 is 4.74 Å². The summed E-state index contributed by atoms with van der Waals surface area (Å²) < 4.78 is 34.6. The molecule has 0 radical (unpaired) electrons. The van der Waals surface area contributed by atoms with Gasteiger partial charge in [-0.25, -0.2) is 13.1 Å². The zero-order chi connectivity index (χ0) is 22.2. The van der Waals surface area contributed by atoms with Crippen molar-refractivity contribution in [1.82, 2.24) is 4.72 Å². The van der Waals surface area contributed by atoms with Crippen molar-refractivity contribution < 1.29 is 18.1 Å². The number of hydrogen-bond acceptors (Lipinski definition) is 5. The lowest BCUT2D eigenvalue weighted by atomic mass is 9.83. The van der Waals surface area contributed by atoms with Crippen LogP contribution >= 0.6 is 11.6 Å². The Morgan fingerprint density at radius 2 is 1.74 bits per heavy atom. The minimum atomic E-state index is -3.95. The van der Waals surface area contributed by atoms with Crippen molar-refractivity contribution in [3.8, 4) is 5.75 Å². The predicted molar refractivity (Wildman–Crippen MR) is 117 cm³/mol. The van der Waals surface area contributed by atoms with Gasteiger partial charge >= 0.3 is 0 Å². The van der Waals surface area contributed by atoms with Crippen molar-refractivity contribution >= 4 is 27.3 Å². The number of benzene rings is 3. The van der Waals surface area contributed by atoms with E-state index >= 15 is 0 Å². The molecule has 1 N–H and O–H groups in total. The fourth-order valence-electron chi connectivity index (χ4n) is 3.69. The van der Waals surface area contributed by atoms with Crippen molar-refractivity contribution in [2.45, 2.75) is 23.8 Å². The van der Waals surface area contributed by atoms with Crippen LogP contribution in [0.3, 0.4) is 0 Å². The third-order valence-corrected chi connectivity index (χ3v) is 6.97. The molecule has 0 fully saturated rings. The quantitative estimate of drug-likeness (QED) is 0.450. The molecule has 9 heteroatoms. The summed E-state index contributed by atoms with van der Waals surface area (Å²) in [7, 11) is -3.95. The van der Waals surface area contributed by atoms with E-state index in [1.165, 1.54) is 24.3 Å². The van der Waals surface area contributed by atoms with Gasteiger partial charge in [-0.3, -0.25) is 10.1 Å². The SMILES string of the molecule is Cc1ccc([C@@H]2c3cc(Cl)ccc3OC[C@H]2NS(=O)(=O)c2ccc([N+](=O)[O-])cc2)cc1. The molecule has 4 rings (SSSR count). The van der Waals surface area contributed by atoms with Gasteiger partial charge in [-0.05, 0) is 42.8 Å². The highest BCUT2D eigenvalue weighted by molar-refractivity contribution is 7.89. The molecule has 31 heavy (non-hydrogen) atoms. The van der Waals surface area contributed by atoms with E-state index in [2.05, 4.69) is 4.72 Å². The van der Waals surface area contributed by atoms with E-state index < -0.39 is 21.0 Å². The monoisotopic (exact) mass is 458 g/mol. The van der Waals surface area contributed by atoms with E-state index in [9.17, 15) is 18.5 Å². The maximum Gasteiger partial charge on any atom is 0.269 e. The number of halogens is 1. The van der Waals surface area contributed by atoms with Crippen LogP contribution in [-0.2, 0) is 10.0 Å². The van der Waals surface area contributed by atoms with E-state index in [0.29, 0.717) is 10.8 Å². The fourth-order valence-corrected chi connectivity index (χ4v) is 5.10. The lowest BCUT2D eigenvalue weighted by Crippen LogP contribution is -2.45. The number of hydrogen-bond donors (Lipinski definition) is 1. The number of nitrogens with zero attached hydrogens (tertiary/aromatic N) is 1. The molecule has 2 atom stereocenters. The van der Waals surface area contributed by atoms with Gasteiger partial charge in [0.15, 0.2) is 0 Å². The molecular weight excluding hydrogens is 440 g/mol. The molecule has 0 aliphatic carbocycles. The molecule has 1 aliphatic rings. The number of rotatable bonds is 5. The highest BCUT2D eigenvalue weighted by atomic mass is 35.5. The van der Waals surface area contributed by atoms with Crippen molar-refractivity contribution in [3.05, 3.63) is 98.6 Å². The lowest BCUT2D eigenvalue weighted by Gasteiger charge is -2.34. The maximum absolute atomic E-state index is 13.0. The van der Waals surface area contributed by atoms with Gasteiger partial charge in [0, 0.05) is 28.6 Å².